The van der Waals surface area contributed by atoms with Crippen molar-refractivity contribution in [1.82, 2.24) is 15.2 Å². The number of pyridine rings is 1. The summed E-state index contributed by atoms with van der Waals surface area (Å²) in [5.74, 6) is -0.107. The molecule has 3 N–H and O–H groups in total. The molecule has 2 heterocycles. The maximum absolute atomic E-state index is 12.4. The molecule has 0 aliphatic carbocycles. The maximum atomic E-state index is 12.4. The molecule has 0 saturated carbocycles. The van der Waals surface area contributed by atoms with Crippen molar-refractivity contribution < 1.29 is 4.79 Å². The van der Waals surface area contributed by atoms with E-state index in [-0.39, 0.29) is 5.91 Å². The molecule has 120 valence electrons. The highest BCUT2D eigenvalue weighted by atomic mass is 32.1. The SMILES string of the molecule is CCN(CC)CCNC(=O)c1sc2nc(C)cc(C)c2c1N. The summed E-state index contributed by atoms with van der Waals surface area (Å²) >= 11 is 1.37. The lowest BCUT2D eigenvalue weighted by molar-refractivity contribution is 0.0954. The third-order valence-electron chi connectivity index (χ3n) is 3.84. The van der Waals surface area contributed by atoms with Crippen molar-refractivity contribution in [3.05, 3.63) is 22.2 Å². The summed E-state index contributed by atoms with van der Waals surface area (Å²) < 4.78 is 0. The lowest BCUT2D eigenvalue weighted by Gasteiger charge is -2.17. The third kappa shape index (κ3) is 3.39. The number of nitrogens with one attached hydrogen (secondary N) is 1. The fraction of sp³-hybridized carbons (Fsp3) is 0.500. The van der Waals surface area contributed by atoms with Crippen molar-refractivity contribution in [2.24, 2.45) is 0 Å². The molecule has 0 aromatic carbocycles. The molecule has 5 nitrogen and oxygen atoms in total. The zero-order chi connectivity index (χ0) is 16.3. The summed E-state index contributed by atoms with van der Waals surface area (Å²) in [6.07, 6.45) is 0. The van der Waals surface area contributed by atoms with Crippen LogP contribution in [0.15, 0.2) is 6.07 Å². The summed E-state index contributed by atoms with van der Waals surface area (Å²) in [7, 11) is 0. The molecule has 0 aliphatic heterocycles. The summed E-state index contributed by atoms with van der Waals surface area (Å²) in [5, 5.41) is 3.86. The van der Waals surface area contributed by atoms with Crippen molar-refractivity contribution in [2.75, 3.05) is 31.9 Å². The van der Waals surface area contributed by atoms with Crippen molar-refractivity contribution in [2.45, 2.75) is 27.7 Å². The average Bonchev–Trinajstić information content (AvgIpc) is 2.80. The minimum absolute atomic E-state index is 0.107. The smallest absolute Gasteiger partial charge is 0.263 e. The number of nitrogen functional groups attached to an aromatic ring is 1. The van der Waals surface area contributed by atoms with Crippen molar-refractivity contribution >= 4 is 33.1 Å². The van der Waals surface area contributed by atoms with E-state index in [9.17, 15) is 4.79 Å². The quantitative estimate of drug-likeness (QED) is 0.858. The molecule has 0 aliphatic rings. The van der Waals surface area contributed by atoms with Gasteiger partial charge in [-0.15, -0.1) is 11.3 Å². The zero-order valence-corrected chi connectivity index (χ0v) is 14.5. The van der Waals surface area contributed by atoms with E-state index in [0.29, 0.717) is 17.1 Å². The Hall–Kier alpha value is -1.66. The van der Waals surface area contributed by atoms with Crippen molar-refractivity contribution in [1.29, 1.82) is 0 Å². The summed E-state index contributed by atoms with van der Waals surface area (Å²) in [5.41, 5.74) is 8.73. The van der Waals surface area contributed by atoms with Gasteiger partial charge in [0.1, 0.15) is 9.71 Å². The van der Waals surface area contributed by atoms with Gasteiger partial charge in [-0.25, -0.2) is 4.98 Å². The van der Waals surface area contributed by atoms with Gasteiger partial charge in [0.2, 0.25) is 0 Å². The van der Waals surface area contributed by atoms with E-state index in [1.165, 1.54) is 11.3 Å². The Kier molecular flexibility index (Phi) is 5.37. The van der Waals surface area contributed by atoms with E-state index >= 15 is 0 Å². The van der Waals surface area contributed by atoms with Crippen LogP contribution >= 0.6 is 11.3 Å². The number of amides is 1. The number of carbonyl (C=O) groups is 1. The highest BCUT2D eigenvalue weighted by Gasteiger charge is 2.18. The van der Waals surface area contributed by atoms with Crippen LogP contribution < -0.4 is 11.1 Å². The van der Waals surface area contributed by atoms with E-state index in [0.717, 1.165) is 41.1 Å². The predicted molar refractivity (Wildman–Crippen MR) is 93.6 cm³/mol. The van der Waals surface area contributed by atoms with E-state index in [1.54, 1.807) is 0 Å². The molecule has 22 heavy (non-hydrogen) atoms. The number of thiophene rings is 1. The maximum Gasteiger partial charge on any atom is 0.263 e. The Bertz CT molecular complexity index is 676. The molecule has 0 fully saturated rings. The van der Waals surface area contributed by atoms with Gasteiger partial charge in [-0.2, -0.15) is 0 Å². The van der Waals surface area contributed by atoms with E-state index in [4.69, 9.17) is 5.73 Å². The van der Waals surface area contributed by atoms with Gasteiger partial charge >= 0.3 is 0 Å². The average molecular weight is 320 g/mol. The van der Waals surface area contributed by atoms with E-state index < -0.39 is 0 Å². The first-order chi connectivity index (χ1) is 10.5. The third-order valence-corrected chi connectivity index (χ3v) is 4.94. The standard InChI is InChI=1S/C16H24N4OS/c1-5-20(6-2)8-7-18-15(21)14-13(17)12-10(3)9-11(4)19-16(12)22-14/h9H,5-8,17H2,1-4H3,(H,18,21). The Morgan fingerprint density at radius 2 is 2.05 bits per heavy atom. The van der Waals surface area contributed by atoms with Crippen LogP contribution in [0.3, 0.4) is 0 Å². The lowest BCUT2D eigenvalue weighted by atomic mass is 10.1. The lowest BCUT2D eigenvalue weighted by Crippen LogP contribution is -2.34. The van der Waals surface area contributed by atoms with Gasteiger partial charge in [0, 0.05) is 24.2 Å². The van der Waals surface area contributed by atoms with Gasteiger partial charge in [-0.05, 0) is 38.6 Å². The fourth-order valence-electron chi connectivity index (χ4n) is 2.59. The Balaban J connectivity index is 2.15. The molecule has 2 aromatic heterocycles. The van der Waals surface area contributed by atoms with Gasteiger partial charge < -0.3 is 16.0 Å². The number of rotatable bonds is 6. The van der Waals surface area contributed by atoms with Gasteiger partial charge in [0.05, 0.1) is 5.69 Å². The second kappa shape index (κ2) is 7.07. The number of anilines is 1. The van der Waals surface area contributed by atoms with Crippen LogP contribution in [0.4, 0.5) is 5.69 Å². The van der Waals surface area contributed by atoms with Crippen molar-refractivity contribution in [3.63, 3.8) is 0 Å². The molecule has 1 amide bonds. The van der Waals surface area contributed by atoms with Gasteiger partial charge in [0.25, 0.3) is 5.91 Å². The molecule has 6 heteroatoms. The van der Waals surface area contributed by atoms with Crippen LogP contribution in [-0.4, -0.2) is 42.0 Å². The van der Waals surface area contributed by atoms with Crippen molar-refractivity contribution in [3.8, 4) is 0 Å². The number of hydrogen-bond donors (Lipinski definition) is 2. The number of hydrogen-bond acceptors (Lipinski definition) is 5. The summed E-state index contributed by atoms with van der Waals surface area (Å²) in [4.78, 5) is 20.5. The van der Waals surface area contributed by atoms with Crippen LogP contribution in [0.1, 0.15) is 34.8 Å². The van der Waals surface area contributed by atoms with E-state index in [1.807, 2.05) is 19.9 Å². The number of nitrogens with zero attached hydrogens (tertiary/aromatic N) is 2. The molecular weight excluding hydrogens is 296 g/mol. The Labute approximate surface area is 135 Å². The predicted octanol–water partition coefficient (Wildman–Crippen LogP) is 2.57. The molecule has 0 saturated heterocycles. The second-order valence-corrected chi connectivity index (χ2v) is 6.39. The molecular formula is C16H24N4OS. The van der Waals surface area contributed by atoms with Crippen LogP contribution in [0.25, 0.3) is 10.2 Å². The van der Waals surface area contributed by atoms with Crippen LogP contribution in [0, 0.1) is 13.8 Å². The van der Waals surface area contributed by atoms with E-state index in [2.05, 4.69) is 29.0 Å². The highest BCUT2D eigenvalue weighted by molar-refractivity contribution is 7.21. The number of nitrogens with two attached hydrogens (primary N) is 1. The molecule has 0 radical (unpaired) electrons. The Morgan fingerprint density at radius 1 is 1.36 bits per heavy atom. The summed E-state index contributed by atoms with van der Waals surface area (Å²) in [6, 6.07) is 1.99. The first-order valence-electron chi connectivity index (χ1n) is 7.64. The minimum atomic E-state index is -0.107. The summed E-state index contributed by atoms with van der Waals surface area (Å²) in [6.45, 7) is 11.6. The van der Waals surface area contributed by atoms with Crippen LogP contribution in [0.2, 0.25) is 0 Å². The number of fused-ring (bicyclic) bond motifs is 1. The number of aryl methyl sites for hydroxylation is 2. The molecule has 0 unspecified atom stereocenters. The topological polar surface area (TPSA) is 71.2 Å². The monoisotopic (exact) mass is 320 g/mol. The largest absolute Gasteiger partial charge is 0.397 e. The first-order valence-corrected chi connectivity index (χ1v) is 8.46. The Morgan fingerprint density at radius 3 is 2.68 bits per heavy atom. The molecule has 2 rings (SSSR count). The van der Waals surface area contributed by atoms with Gasteiger partial charge in [0.15, 0.2) is 0 Å². The molecule has 0 bridgehead atoms. The second-order valence-electron chi connectivity index (χ2n) is 5.39. The van der Waals surface area contributed by atoms with Gasteiger partial charge in [-0.3, -0.25) is 4.79 Å². The first kappa shape index (κ1) is 16.7. The minimum Gasteiger partial charge on any atom is -0.397 e. The number of likely N-dealkylation sites (N-methyl/N-ethyl adjacent to an activating group) is 1. The van der Waals surface area contributed by atoms with Crippen LogP contribution in [0.5, 0.6) is 0 Å². The highest BCUT2D eigenvalue weighted by Crippen LogP contribution is 2.34. The van der Waals surface area contributed by atoms with Gasteiger partial charge in [-0.1, -0.05) is 13.8 Å². The molecule has 0 spiro atoms. The fourth-order valence-corrected chi connectivity index (χ4v) is 3.72. The zero-order valence-electron chi connectivity index (χ0n) is 13.7. The molecule has 2 aromatic rings. The number of aromatic nitrogens is 1. The number of carbonyl (C=O) groups excluding carboxylic acids is 1. The van der Waals surface area contributed by atoms with Crippen LogP contribution in [-0.2, 0) is 0 Å². The molecule has 0 atom stereocenters. The normalized spacial score (nSPS) is 11.3.